The molecule has 6 nitrogen and oxygen atoms in total. The number of hydrogen-bond donors (Lipinski definition) is 1. The second-order valence-corrected chi connectivity index (χ2v) is 9.48. The molecule has 1 unspecified atom stereocenters. The van der Waals surface area contributed by atoms with Crippen LogP contribution in [0.15, 0.2) is 85.1 Å². The fourth-order valence-corrected chi connectivity index (χ4v) is 5.26. The van der Waals surface area contributed by atoms with E-state index < -0.39 is 0 Å². The van der Waals surface area contributed by atoms with E-state index in [4.69, 9.17) is 0 Å². The van der Waals surface area contributed by atoms with E-state index in [-0.39, 0.29) is 23.3 Å². The third-order valence-corrected chi connectivity index (χ3v) is 7.48. The number of aromatic nitrogens is 1. The summed E-state index contributed by atoms with van der Waals surface area (Å²) in [7, 11) is 1.85. The van der Waals surface area contributed by atoms with E-state index in [1.807, 2.05) is 14.0 Å². The number of rotatable bonds is 9. The second kappa shape index (κ2) is 12.0. The minimum atomic E-state index is -0.275. The predicted octanol–water partition coefficient (Wildman–Crippen LogP) is 4.13. The van der Waals surface area contributed by atoms with Crippen LogP contribution in [0.5, 0.6) is 0 Å². The highest BCUT2D eigenvalue weighted by Crippen LogP contribution is 2.42. The lowest BCUT2D eigenvalue weighted by Gasteiger charge is -2.45. The molecule has 2 amide bonds. The summed E-state index contributed by atoms with van der Waals surface area (Å²) < 4.78 is 0. The van der Waals surface area contributed by atoms with Gasteiger partial charge < -0.3 is 10.2 Å². The number of piperidine rings is 1. The molecule has 1 fully saturated rings. The number of nitrogens with one attached hydrogen (secondary N) is 1. The average Bonchev–Trinajstić information content (AvgIpc) is 2.96. The number of likely N-dealkylation sites (tertiary alicyclic amines) is 1. The van der Waals surface area contributed by atoms with Crippen molar-refractivity contribution in [1.82, 2.24) is 20.1 Å². The number of benzene rings is 2. The Morgan fingerprint density at radius 3 is 2.06 bits per heavy atom. The predicted molar refractivity (Wildman–Crippen MR) is 143 cm³/mol. The number of pyridine rings is 1. The molecule has 0 radical (unpaired) electrons. The summed E-state index contributed by atoms with van der Waals surface area (Å²) in [6.45, 7) is 4.69. The summed E-state index contributed by atoms with van der Waals surface area (Å²) in [5, 5.41) is 2.95. The Morgan fingerprint density at radius 1 is 0.944 bits per heavy atom. The molecule has 1 aliphatic rings. The minimum absolute atomic E-state index is 0.0729. The number of nitrogens with zero attached hydrogens (tertiary/aromatic N) is 3. The quantitative estimate of drug-likeness (QED) is 0.496. The van der Waals surface area contributed by atoms with Crippen LogP contribution in [0.25, 0.3) is 0 Å². The van der Waals surface area contributed by atoms with Gasteiger partial charge in [-0.05, 0) is 49.4 Å². The maximum atomic E-state index is 13.4. The van der Waals surface area contributed by atoms with Gasteiger partial charge in [0.25, 0.3) is 5.91 Å². The zero-order valence-electron chi connectivity index (χ0n) is 21.3. The number of amides is 2. The highest BCUT2D eigenvalue weighted by molar-refractivity contribution is 5.92. The summed E-state index contributed by atoms with van der Waals surface area (Å²) >= 11 is 0. The van der Waals surface area contributed by atoms with Crippen LogP contribution >= 0.6 is 0 Å². The van der Waals surface area contributed by atoms with Crippen molar-refractivity contribution in [3.8, 4) is 0 Å². The lowest BCUT2D eigenvalue weighted by atomic mass is 9.68. The monoisotopic (exact) mass is 484 g/mol. The minimum Gasteiger partial charge on any atom is -0.351 e. The third kappa shape index (κ3) is 5.65. The summed E-state index contributed by atoms with van der Waals surface area (Å²) in [5.74, 6) is -0.104. The maximum absolute atomic E-state index is 13.4. The van der Waals surface area contributed by atoms with E-state index in [0.717, 1.165) is 25.9 Å². The largest absolute Gasteiger partial charge is 0.351 e. The van der Waals surface area contributed by atoms with Gasteiger partial charge >= 0.3 is 0 Å². The number of likely N-dealkylation sites (N-methyl/N-ethyl adjacent to an activating group) is 1. The van der Waals surface area contributed by atoms with Crippen molar-refractivity contribution in [2.75, 3.05) is 33.2 Å². The van der Waals surface area contributed by atoms with Crippen molar-refractivity contribution in [3.05, 3.63) is 102 Å². The van der Waals surface area contributed by atoms with E-state index in [1.54, 1.807) is 29.3 Å². The van der Waals surface area contributed by atoms with Gasteiger partial charge in [-0.1, -0.05) is 66.7 Å². The van der Waals surface area contributed by atoms with E-state index in [1.165, 1.54) is 11.1 Å². The van der Waals surface area contributed by atoms with Crippen LogP contribution in [-0.4, -0.2) is 65.9 Å². The lowest BCUT2D eigenvalue weighted by Crippen LogP contribution is -2.53. The number of carbonyl (C=O) groups excluding carboxylic acids is 2. The Hall–Kier alpha value is -3.51. The molecule has 1 aliphatic heterocycles. The normalized spacial score (nSPS) is 16.2. The van der Waals surface area contributed by atoms with Crippen LogP contribution in [0.2, 0.25) is 0 Å². The first-order valence-electron chi connectivity index (χ1n) is 12.8. The van der Waals surface area contributed by atoms with E-state index in [9.17, 15) is 9.59 Å². The third-order valence-electron chi connectivity index (χ3n) is 7.48. The molecule has 1 saturated heterocycles. The first-order valence-corrected chi connectivity index (χ1v) is 12.8. The molecule has 2 heterocycles. The van der Waals surface area contributed by atoms with Gasteiger partial charge in [0, 0.05) is 44.8 Å². The highest BCUT2D eigenvalue weighted by Gasteiger charge is 2.40. The van der Waals surface area contributed by atoms with Gasteiger partial charge in [0.2, 0.25) is 5.91 Å². The van der Waals surface area contributed by atoms with Crippen LogP contribution in [0.4, 0.5) is 0 Å². The van der Waals surface area contributed by atoms with E-state index >= 15 is 0 Å². The van der Waals surface area contributed by atoms with Crippen molar-refractivity contribution in [2.45, 2.75) is 37.6 Å². The van der Waals surface area contributed by atoms with Gasteiger partial charge in [0.05, 0.1) is 6.04 Å². The zero-order chi connectivity index (χ0) is 25.4. The fourth-order valence-electron chi connectivity index (χ4n) is 5.26. The Labute approximate surface area is 214 Å². The van der Waals surface area contributed by atoms with Crippen LogP contribution in [-0.2, 0) is 10.2 Å². The Kier molecular flexibility index (Phi) is 8.49. The van der Waals surface area contributed by atoms with E-state index in [2.05, 4.69) is 75.9 Å². The van der Waals surface area contributed by atoms with Crippen molar-refractivity contribution >= 4 is 11.8 Å². The SMILES string of the molecule is CCN(C)C(=O)C(CCNC(=O)c1ccccn1)N1CCC(c2ccccc2)(c2ccccc2)CC1. The average molecular weight is 485 g/mol. The highest BCUT2D eigenvalue weighted by atomic mass is 16.2. The Balaban J connectivity index is 1.49. The number of hydrogen-bond acceptors (Lipinski definition) is 4. The molecule has 4 rings (SSSR count). The maximum Gasteiger partial charge on any atom is 0.269 e. The molecule has 1 atom stereocenters. The van der Waals surface area contributed by atoms with Crippen LogP contribution in [0, 0.1) is 0 Å². The Bertz CT molecular complexity index is 1070. The van der Waals surface area contributed by atoms with Crippen LogP contribution in [0.1, 0.15) is 47.8 Å². The molecule has 0 saturated carbocycles. The first kappa shape index (κ1) is 25.6. The van der Waals surface area contributed by atoms with E-state index in [0.29, 0.717) is 25.2 Å². The van der Waals surface area contributed by atoms with Crippen molar-refractivity contribution < 1.29 is 9.59 Å². The summed E-state index contributed by atoms with van der Waals surface area (Å²) in [5.41, 5.74) is 2.97. The van der Waals surface area contributed by atoms with Crippen LogP contribution < -0.4 is 5.32 Å². The molecule has 188 valence electrons. The van der Waals surface area contributed by atoms with Crippen molar-refractivity contribution in [3.63, 3.8) is 0 Å². The van der Waals surface area contributed by atoms with Gasteiger partial charge in [0.1, 0.15) is 5.69 Å². The molecule has 2 aromatic carbocycles. The molecule has 1 aromatic heterocycles. The fraction of sp³-hybridized carbons (Fsp3) is 0.367. The standard InChI is InChI=1S/C30H36N4O2/c1-3-33(2)29(36)27(17-21-32-28(35)26-16-10-11-20-31-26)34-22-18-30(19-23-34,24-12-6-4-7-13-24)25-14-8-5-9-15-25/h4-16,20,27H,3,17-19,21-23H2,1-2H3,(H,32,35). The van der Waals surface area contributed by atoms with Gasteiger partial charge in [0.15, 0.2) is 0 Å². The van der Waals surface area contributed by atoms with Gasteiger partial charge in [-0.15, -0.1) is 0 Å². The zero-order valence-corrected chi connectivity index (χ0v) is 21.3. The summed E-state index contributed by atoms with van der Waals surface area (Å²) in [6.07, 6.45) is 4.03. The van der Waals surface area contributed by atoms with Gasteiger partial charge in [-0.3, -0.25) is 19.5 Å². The molecule has 1 N–H and O–H groups in total. The molecular formula is C30H36N4O2. The van der Waals surface area contributed by atoms with Gasteiger partial charge in [-0.25, -0.2) is 0 Å². The summed E-state index contributed by atoms with van der Waals surface area (Å²) in [4.78, 5) is 34.1. The number of carbonyl (C=O) groups is 2. The Morgan fingerprint density at radius 2 is 1.53 bits per heavy atom. The molecule has 0 spiro atoms. The first-order chi connectivity index (χ1) is 17.5. The molecule has 0 bridgehead atoms. The molecule has 3 aromatic rings. The summed E-state index contributed by atoms with van der Waals surface area (Å²) in [6, 6.07) is 26.5. The molecule has 0 aliphatic carbocycles. The second-order valence-electron chi connectivity index (χ2n) is 9.48. The van der Waals surface area contributed by atoms with Gasteiger partial charge in [-0.2, -0.15) is 0 Å². The molecule has 6 heteroatoms. The van der Waals surface area contributed by atoms with Crippen molar-refractivity contribution in [2.24, 2.45) is 0 Å². The van der Waals surface area contributed by atoms with Crippen LogP contribution in [0.3, 0.4) is 0 Å². The smallest absolute Gasteiger partial charge is 0.269 e. The van der Waals surface area contributed by atoms with Crippen molar-refractivity contribution in [1.29, 1.82) is 0 Å². The molecule has 36 heavy (non-hydrogen) atoms. The lowest BCUT2D eigenvalue weighted by molar-refractivity contribution is -0.136. The topological polar surface area (TPSA) is 65.5 Å². The molecular weight excluding hydrogens is 448 g/mol.